The summed E-state index contributed by atoms with van der Waals surface area (Å²) in [6.45, 7) is 2.41. The van der Waals surface area contributed by atoms with Crippen molar-refractivity contribution in [3.05, 3.63) is 29.3 Å². The summed E-state index contributed by atoms with van der Waals surface area (Å²) in [7, 11) is 2.08. The lowest BCUT2D eigenvalue weighted by molar-refractivity contribution is -0.0493. The molecular formula is C15H20N2O2S. The number of aliphatic hydroxyl groups excluding tert-OH is 1. The molecule has 108 valence electrons. The van der Waals surface area contributed by atoms with Gasteiger partial charge in [-0.3, -0.25) is 4.90 Å². The van der Waals surface area contributed by atoms with E-state index in [9.17, 15) is 5.11 Å². The molecule has 1 N–H and O–H groups in total. The molecule has 0 aliphatic carbocycles. The Morgan fingerprint density at radius 2 is 2.10 bits per heavy atom. The Hall–Kier alpha value is -1.01. The van der Waals surface area contributed by atoms with Crippen LogP contribution in [0.25, 0.3) is 10.2 Å². The molecular weight excluding hydrogens is 272 g/mol. The second kappa shape index (κ2) is 5.77. The van der Waals surface area contributed by atoms with Gasteiger partial charge < -0.3 is 9.84 Å². The fraction of sp³-hybridized carbons (Fsp3) is 0.533. The maximum Gasteiger partial charge on any atom is 0.108 e. The van der Waals surface area contributed by atoms with E-state index in [0.717, 1.165) is 43.1 Å². The van der Waals surface area contributed by atoms with Crippen molar-refractivity contribution < 1.29 is 9.84 Å². The van der Waals surface area contributed by atoms with Crippen LogP contribution in [0.2, 0.25) is 0 Å². The van der Waals surface area contributed by atoms with Crippen LogP contribution in [0, 0.1) is 0 Å². The number of para-hydroxylation sites is 1. The molecule has 1 aliphatic heterocycles. The van der Waals surface area contributed by atoms with Crippen molar-refractivity contribution in [1.29, 1.82) is 0 Å². The van der Waals surface area contributed by atoms with Gasteiger partial charge in [-0.25, -0.2) is 4.98 Å². The third-order valence-corrected chi connectivity index (χ3v) is 5.26. The first-order valence-corrected chi connectivity index (χ1v) is 7.79. The molecule has 20 heavy (non-hydrogen) atoms. The number of aromatic nitrogens is 1. The number of benzene rings is 1. The summed E-state index contributed by atoms with van der Waals surface area (Å²) in [5, 5.41) is 10.9. The average molecular weight is 292 g/mol. The quantitative estimate of drug-likeness (QED) is 0.939. The highest BCUT2D eigenvalue weighted by Gasteiger charge is 2.36. The predicted octanol–water partition coefficient (Wildman–Crippen LogP) is 2.27. The number of fused-ring (bicyclic) bond motifs is 1. The van der Waals surface area contributed by atoms with Crippen LogP contribution in [0.5, 0.6) is 0 Å². The van der Waals surface area contributed by atoms with Crippen LogP contribution in [0.4, 0.5) is 0 Å². The van der Waals surface area contributed by atoms with E-state index in [1.807, 2.05) is 18.2 Å². The van der Waals surface area contributed by atoms with Crippen molar-refractivity contribution in [2.24, 2.45) is 0 Å². The number of likely N-dealkylation sites (N-methyl/N-ethyl adjacent to an activating group) is 1. The smallest absolute Gasteiger partial charge is 0.108 e. The highest BCUT2D eigenvalue weighted by molar-refractivity contribution is 7.18. The van der Waals surface area contributed by atoms with Gasteiger partial charge in [-0.2, -0.15) is 0 Å². The normalized spacial score (nSPS) is 18.8. The number of ether oxygens (including phenoxy) is 1. The fourth-order valence-corrected chi connectivity index (χ4v) is 3.79. The highest BCUT2D eigenvalue weighted by Crippen LogP contribution is 2.29. The van der Waals surface area contributed by atoms with Crippen LogP contribution in [0.3, 0.4) is 0 Å². The summed E-state index contributed by atoms with van der Waals surface area (Å²) in [6, 6.07) is 8.21. The molecule has 3 rings (SSSR count). The number of aliphatic hydroxyl groups is 1. The van der Waals surface area contributed by atoms with Crippen molar-refractivity contribution >= 4 is 21.6 Å². The predicted molar refractivity (Wildman–Crippen MR) is 81.0 cm³/mol. The van der Waals surface area contributed by atoms with E-state index in [4.69, 9.17) is 4.74 Å². The molecule has 0 atom stereocenters. The molecule has 1 aromatic carbocycles. The lowest BCUT2D eigenvalue weighted by atomic mass is 9.89. The van der Waals surface area contributed by atoms with E-state index in [1.54, 1.807) is 11.3 Å². The largest absolute Gasteiger partial charge is 0.394 e. The summed E-state index contributed by atoms with van der Waals surface area (Å²) in [4.78, 5) is 6.92. The number of hydrogen-bond acceptors (Lipinski definition) is 5. The van der Waals surface area contributed by atoms with Gasteiger partial charge in [0.1, 0.15) is 5.01 Å². The number of hydrogen-bond donors (Lipinski definition) is 1. The van der Waals surface area contributed by atoms with Gasteiger partial charge in [0.25, 0.3) is 0 Å². The van der Waals surface area contributed by atoms with Gasteiger partial charge in [0.2, 0.25) is 0 Å². The third-order valence-electron chi connectivity index (χ3n) is 4.24. The van der Waals surface area contributed by atoms with Crippen LogP contribution in [-0.2, 0) is 11.3 Å². The van der Waals surface area contributed by atoms with Crippen LogP contribution in [-0.4, -0.2) is 47.4 Å². The van der Waals surface area contributed by atoms with Gasteiger partial charge >= 0.3 is 0 Å². The third kappa shape index (κ3) is 2.59. The maximum atomic E-state index is 9.82. The van der Waals surface area contributed by atoms with Crippen LogP contribution in [0.15, 0.2) is 24.3 Å². The summed E-state index contributed by atoms with van der Waals surface area (Å²) in [5.41, 5.74) is 0.904. The molecule has 1 saturated heterocycles. The molecule has 5 heteroatoms. The summed E-state index contributed by atoms with van der Waals surface area (Å²) in [5.74, 6) is 0. The molecule has 0 spiro atoms. The molecule has 1 aliphatic rings. The minimum atomic E-state index is -0.157. The van der Waals surface area contributed by atoms with Gasteiger partial charge in [-0.1, -0.05) is 12.1 Å². The maximum absolute atomic E-state index is 9.82. The number of nitrogens with zero attached hydrogens (tertiary/aromatic N) is 2. The van der Waals surface area contributed by atoms with Crippen molar-refractivity contribution in [2.75, 3.05) is 26.9 Å². The molecule has 0 radical (unpaired) electrons. The van der Waals surface area contributed by atoms with Gasteiger partial charge in [-0.15, -0.1) is 11.3 Å². The highest BCUT2D eigenvalue weighted by atomic mass is 32.1. The van der Waals surface area contributed by atoms with Gasteiger partial charge in [-0.05, 0) is 32.0 Å². The Morgan fingerprint density at radius 3 is 2.80 bits per heavy atom. The molecule has 0 bridgehead atoms. The van der Waals surface area contributed by atoms with E-state index in [2.05, 4.69) is 23.0 Å². The zero-order chi connectivity index (χ0) is 14.0. The Bertz CT molecular complexity index is 545. The number of thiazole rings is 1. The molecule has 1 aromatic heterocycles. The average Bonchev–Trinajstić information content (AvgIpc) is 2.90. The van der Waals surface area contributed by atoms with Crippen molar-refractivity contribution in [1.82, 2.24) is 9.88 Å². The van der Waals surface area contributed by atoms with Crippen LogP contribution < -0.4 is 0 Å². The molecule has 0 saturated carbocycles. The van der Waals surface area contributed by atoms with Crippen molar-refractivity contribution in [2.45, 2.75) is 24.9 Å². The SMILES string of the molecule is CN(Cc1nc2ccccc2s1)C1(CO)CCOCC1. The lowest BCUT2D eigenvalue weighted by Crippen LogP contribution is -2.52. The van der Waals surface area contributed by atoms with E-state index >= 15 is 0 Å². The van der Waals surface area contributed by atoms with Gasteiger partial charge in [0, 0.05) is 18.8 Å². The molecule has 1 fully saturated rings. The number of rotatable bonds is 4. The van der Waals surface area contributed by atoms with Gasteiger partial charge in [0.15, 0.2) is 0 Å². The van der Waals surface area contributed by atoms with Crippen molar-refractivity contribution in [3.8, 4) is 0 Å². The molecule has 0 amide bonds. The van der Waals surface area contributed by atoms with E-state index in [1.165, 1.54) is 4.70 Å². The van der Waals surface area contributed by atoms with E-state index in [0.29, 0.717) is 0 Å². The minimum absolute atomic E-state index is 0.157. The fourth-order valence-electron chi connectivity index (χ4n) is 2.77. The van der Waals surface area contributed by atoms with Gasteiger partial charge in [0.05, 0.1) is 23.4 Å². The zero-order valence-electron chi connectivity index (χ0n) is 11.7. The summed E-state index contributed by atoms with van der Waals surface area (Å²) >= 11 is 1.73. The lowest BCUT2D eigenvalue weighted by Gasteiger charge is -2.42. The van der Waals surface area contributed by atoms with Crippen LogP contribution >= 0.6 is 11.3 Å². The summed E-state index contributed by atoms with van der Waals surface area (Å²) in [6.07, 6.45) is 1.76. The second-order valence-corrected chi connectivity index (χ2v) is 6.54. The standard InChI is InChI=1S/C15H20N2O2S/c1-17(15(11-18)6-8-19-9-7-15)10-14-16-12-4-2-3-5-13(12)20-14/h2-5,18H,6-11H2,1H3. The molecule has 2 heterocycles. The Morgan fingerprint density at radius 1 is 1.35 bits per heavy atom. The molecule has 4 nitrogen and oxygen atoms in total. The first-order valence-electron chi connectivity index (χ1n) is 6.98. The Balaban J connectivity index is 1.78. The minimum Gasteiger partial charge on any atom is -0.394 e. The van der Waals surface area contributed by atoms with E-state index < -0.39 is 0 Å². The van der Waals surface area contributed by atoms with Crippen molar-refractivity contribution in [3.63, 3.8) is 0 Å². The monoisotopic (exact) mass is 292 g/mol. The Kier molecular flexibility index (Phi) is 4.03. The Labute approximate surface area is 123 Å². The summed E-state index contributed by atoms with van der Waals surface area (Å²) < 4.78 is 6.65. The first-order chi connectivity index (χ1) is 9.73. The molecule has 0 unspecified atom stereocenters. The van der Waals surface area contributed by atoms with E-state index in [-0.39, 0.29) is 12.1 Å². The second-order valence-electron chi connectivity index (χ2n) is 5.43. The first kappa shape index (κ1) is 13.9. The topological polar surface area (TPSA) is 45.6 Å². The molecule has 2 aromatic rings. The zero-order valence-corrected chi connectivity index (χ0v) is 12.5. The van der Waals surface area contributed by atoms with Crippen LogP contribution in [0.1, 0.15) is 17.8 Å².